The molecule has 0 radical (unpaired) electrons. The highest BCUT2D eigenvalue weighted by Gasteiger charge is 2.60. The molecule has 0 N–H and O–H groups in total. The maximum atomic E-state index is 13.4. The standard InChI is InChI=1S/C12H11BrF3N3/c1-19-8(11(3-2-4-11)12(14,15)16)5-7-10(19)18-9(13)6-17-7/h5-6H,2-4H2,1H3. The topological polar surface area (TPSA) is 30.7 Å². The molecule has 2 aromatic rings. The fraction of sp³-hybridized carbons (Fsp3) is 0.500. The molecular weight excluding hydrogens is 323 g/mol. The van der Waals surface area contributed by atoms with E-state index >= 15 is 0 Å². The van der Waals surface area contributed by atoms with Crippen molar-refractivity contribution in [3.05, 3.63) is 22.6 Å². The molecule has 19 heavy (non-hydrogen) atoms. The van der Waals surface area contributed by atoms with E-state index in [9.17, 15) is 13.2 Å². The highest BCUT2D eigenvalue weighted by molar-refractivity contribution is 9.10. The van der Waals surface area contributed by atoms with Gasteiger partial charge < -0.3 is 4.57 Å². The summed E-state index contributed by atoms with van der Waals surface area (Å²) in [5, 5.41) is 0. The van der Waals surface area contributed by atoms with E-state index in [-0.39, 0.29) is 18.5 Å². The normalized spacial score (nSPS) is 18.6. The van der Waals surface area contributed by atoms with Gasteiger partial charge in [-0.25, -0.2) is 4.98 Å². The van der Waals surface area contributed by atoms with Crippen LogP contribution in [0.5, 0.6) is 0 Å². The Kier molecular flexibility index (Phi) is 2.68. The molecule has 2 heterocycles. The Labute approximate surface area is 116 Å². The lowest BCUT2D eigenvalue weighted by molar-refractivity contribution is -0.214. The van der Waals surface area contributed by atoms with Crippen molar-refractivity contribution in [2.45, 2.75) is 30.9 Å². The number of aromatic nitrogens is 3. The smallest absolute Gasteiger partial charge is 0.330 e. The van der Waals surface area contributed by atoms with Crippen LogP contribution in [0.2, 0.25) is 0 Å². The minimum Gasteiger partial charge on any atom is -0.330 e. The van der Waals surface area contributed by atoms with Crippen molar-refractivity contribution >= 4 is 27.1 Å². The molecule has 0 aliphatic heterocycles. The van der Waals surface area contributed by atoms with Gasteiger partial charge in [-0.1, -0.05) is 6.42 Å². The van der Waals surface area contributed by atoms with Crippen LogP contribution in [0.1, 0.15) is 25.0 Å². The number of rotatable bonds is 1. The second-order valence-electron chi connectivity index (χ2n) is 4.92. The largest absolute Gasteiger partial charge is 0.399 e. The van der Waals surface area contributed by atoms with Gasteiger partial charge in [-0.15, -0.1) is 0 Å². The molecule has 7 heteroatoms. The number of nitrogens with zero attached hydrogens (tertiary/aromatic N) is 3. The van der Waals surface area contributed by atoms with Crippen LogP contribution in [-0.2, 0) is 12.5 Å². The van der Waals surface area contributed by atoms with Gasteiger partial charge in [0.05, 0.1) is 6.20 Å². The average Bonchev–Trinajstić information content (AvgIpc) is 2.54. The summed E-state index contributed by atoms with van der Waals surface area (Å²) in [5.41, 5.74) is -0.494. The van der Waals surface area contributed by atoms with E-state index in [1.54, 1.807) is 7.05 Å². The average molecular weight is 334 g/mol. The molecule has 102 valence electrons. The third-order valence-electron chi connectivity index (χ3n) is 3.94. The van der Waals surface area contributed by atoms with Crippen molar-refractivity contribution < 1.29 is 13.2 Å². The molecule has 0 unspecified atom stereocenters. The van der Waals surface area contributed by atoms with Gasteiger partial charge in [0, 0.05) is 12.7 Å². The van der Waals surface area contributed by atoms with E-state index in [1.165, 1.54) is 16.8 Å². The lowest BCUT2D eigenvalue weighted by atomic mass is 9.66. The first-order valence-electron chi connectivity index (χ1n) is 5.90. The lowest BCUT2D eigenvalue weighted by Gasteiger charge is -2.43. The van der Waals surface area contributed by atoms with Gasteiger partial charge in [-0.05, 0) is 34.8 Å². The highest BCUT2D eigenvalue weighted by Crippen LogP contribution is 2.55. The molecule has 1 saturated carbocycles. The van der Waals surface area contributed by atoms with Crippen LogP contribution in [-0.4, -0.2) is 20.7 Å². The minimum absolute atomic E-state index is 0.141. The first kappa shape index (κ1) is 12.9. The fourth-order valence-corrected chi connectivity index (χ4v) is 3.00. The van der Waals surface area contributed by atoms with E-state index in [0.717, 1.165) is 0 Å². The number of alkyl halides is 3. The molecule has 0 saturated heterocycles. The van der Waals surface area contributed by atoms with Gasteiger partial charge in [0.15, 0.2) is 5.65 Å². The molecule has 3 nitrogen and oxygen atoms in total. The SMILES string of the molecule is Cn1c(C2(C(F)(F)F)CCC2)cc2ncc(Br)nc21. The highest BCUT2D eigenvalue weighted by atomic mass is 79.9. The molecule has 0 aromatic carbocycles. The number of halogens is 4. The monoisotopic (exact) mass is 333 g/mol. The van der Waals surface area contributed by atoms with Gasteiger partial charge in [0.25, 0.3) is 0 Å². The number of aryl methyl sites for hydroxylation is 1. The Balaban J connectivity index is 2.23. The second kappa shape index (κ2) is 3.94. The maximum absolute atomic E-state index is 13.4. The molecular formula is C12H11BrF3N3. The van der Waals surface area contributed by atoms with Crippen LogP contribution in [0, 0.1) is 0 Å². The molecule has 1 aliphatic rings. The van der Waals surface area contributed by atoms with Gasteiger partial charge >= 0.3 is 6.18 Å². The number of hydrogen-bond acceptors (Lipinski definition) is 2. The van der Waals surface area contributed by atoms with E-state index < -0.39 is 11.6 Å². The predicted molar refractivity (Wildman–Crippen MR) is 67.8 cm³/mol. The summed E-state index contributed by atoms with van der Waals surface area (Å²) in [6, 6.07) is 1.52. The van der Waals surface area contributed by atoms with Gasteiger partial charge in [0.2, 0.25) is 0 Å². The summed E-state index contributed by atoms with van der Waals surface area (Å²) in [7, 11) is 1.62. The summed E-state index contributed by atoms with van der Waals surface area (Å²) in [6.07, 6.45) is -1.85. The van der Waals surface area contributed by atoms with E-state index in [0.29, 0.717) is 22.2 Å². The molecule has 0 amide bonds. The first-order chi connectivity index (χ1) is 8.85. The summed E-state index contributed by atoms with van der Waals surface area (Å²) < 4.78 is 42.1. The Morgan fingerprint density at radius 3 is 2.58 bits per heavy atom. The second-order valence-corrected chi connectivity index (χ2v) is 5.74. The Morgan fingerprint density at radius 2 is 2.05 bits per heavy atom. The number of fused-ring (bicyclic) bond motifs is 1. The first-order valence-corrected chi connectivity index (χ1v) is 6.70. The minimum atomic E-state index is -4.23. The van der Waals surface area contributed by atoms with Crippen LogP contribution < -0.4 is 0 Å². The van der Waals surface area contributed by atoms with Gasteiger partial charge in [-0.2, -0.15) is 13.2 Å². The summed E-state index contributed by atoms with van der Waals surface area (Å²) in [4.78, 5) is 8.32. The van der Waals surface area contributed by atoms with Crippen molar-refractivity contribution in [1.29, 1.82) is 0 Å². The van der Waals surface area contributed by atoms with Crippen LogP contribution in [0.4, 0.5) is 13.2 Å². The third-order valence-corrected chi connectivity index (χ3v) is 4.33. The van der Waals surface area contributed by atoms with Crippen molar-refractivity contribution in [1.82, 2.24) is 14.5 Å². The van der Waals surface area contributed by atoms with E-state index in [2.05, 4.69) is 25.9 Å². The summed E-state index contributed by atoms with van der Waals surface area (Å²) in [5.74, 6) is 0. The van der Waals surface area contributed by atoms with Crippen LogP contribution >= 0.6 is 15.9 Å². The predicted octanol–water partition coefficient (Wildman–Crippen LogP) is 3.71. The van der Waals surface area contributed by atoms with Crippen LogP contribution in [0.3, 0.4) is 0 Å². The molecule has 2 aromatic heterocycles. The molecule has 0 bridgehead atoms. The third kappa shape index (κ3) is 1.70. The zero-order valence-electron chi connectivity index (χ0n) is 10.1. The Morgan fingerprint density at radius 1 is 1.37 bits per heavy atom. The Bertz CT molecular complexity index is 643. The van der Waals surface area contributed by atoms with Crippen molar-refractivity contribution in [3.63, 3.8) is 0 Å². The molecule has 1 fully saturated rings. The molecule has 0 atom stereocenters. The lowest BCUT2D eigenvalue weighted by Crippen LogP contribution is -2.49. The van der Waals surface area contributed by atoms with Crippen molar-refractivity contribution in [2.75, 3.05) is 0 Å². The van der Waals surface area contributed by atoms with E-state index in [4.69, 9.17) is 0 Å². The van der Waals surface area contributed by atoms with Gasteiger partial charge in [-0.3, -0.25) is 4.98 Å². The Hall–Kier alpha value is -1.11. The molecule has 3 rings (SSSR count). The van der Waals surface area contributed by atoms with Crippen LogP contribution in [0.15, 0.2) is 16.9 Å². The summed E-state index contributed by atoms with van der Waals surface area (Å²) in [6.45, 7) is 0. The van der Waals surface area contributed by atoms with Crippen molar-refractivity contribution in [2.24, 2.45) is 7.05 Å². The zero-order chi connectivity index (χ0) is 13.8. The number of hydrogen-bond donors (Lipinski definition) is 0. The van der Waals surface area contributed by atoms with Crippen molar-refractivity contribution in [3.8, 4) is 0 Å². The molecule has 0 spiro atoms. The van der Waals surface area contributed by atoms with E-state index in [1.807, 2.05) is 0 Å². The molecule has 1 aliphatic carbocycles. The van der Waals surface area contributed by atoms with Crippen LogP contribution in [0.25, 0.3) is 11.2 Å². The maximum Gasteiger partial charge on any atom is 0.399 e. The summed E-state index contributed by atoms with van der Waals surface area (Å²) >= 11 is 3.19. The fourth-order valence-electron chi connectivity index (χ4n) is 2.73. The quantitative estimate of drug-likeness (QED) is 0.796. The van der Waals surface area contributed by atoms with Gasteiger partial charge in [0.1, 0.15) is 15.5 Å². The zero-order valence-corrected chi connectivity index (χ0v) is 11.7.